The second kappa shape index (κ2) is 5.73. The topological polar surface area (TPSA) is 72.0 Å². The number of aliphatic hydroxyl groups is 1. The Labute approximate surface area is 106 Å². The fourth-order valence-electron chi connectivity index (χ4n) is 1.72. The summed E-state index contributed by atoms with van der Waals surface area (Å²) in [5.41, 5.74) is 2.02. The van der Waals surface area contributed by atoms with Gasteiger partial charge in [-0.3, -0.25) is 4.98 Å². The number of hydrogen-bond donors (Lipinski definition) is 1. The van der Waals surface area contributed by atoms with Gasteiger partial charge in [0, 0.05) is 18.0 Å². The number of rotatable bonds is 5. The molecule has 0 aromatic carbocycles. The molecule has 2 aromatic rings. The molecule has 5 heteroatoms. The predicted molar refractivity (Wildman–Crippen MR) is 66.9 cm³/mol. The first-order valence-electron chi connectivity index (χ1n) is 6.18. The maximum absolute atomic E-state index is 9.55. The lowest BCUT2D eigenvalue weighted by molar-refractivity contribution is 0.158. The minimum Gasteiger partial charge on any atom is -0.393 e. The van der Waals surface area contributed by atoms with Crippen molar-refractivity contribution in [2.45, 2.75) is 39.2 Å². The Kier molecular flexibility index (Phi) is 4.04. The SMILES string of the molecule is CCc1cnccc1-c1noc(CC(O)CC)n1. The highest BCUT2D eigenvalue weighted by Gasteiger charge is 2.13. The summed E-state index contributed by atoms with van der Waals surface area (Å²) in [6, 6.07) is 1.88. The van der Waals surface area contributed by atoms with Crippen LogP contribution < -0.4 is 0 Å². The summed E-state index contributed by atoms with van der Waals surface area (Å²) >= 11 is 0. The lowest BCUT2D eigenvalue weighted by Crippen LogP contribution is -2.08. The lowest BCUT2D eigenvalue weighted by Gasteiger charge is -2.02. The zero-order chi connectivity index (χ0) is 13.0. The van der Waals surface area contributed by atoms with Crippen LogP contribution in [0, 0.1) is 0 Å². The standard InChI is InChI=1S/C13H17N3O2/c1-3-9-8-14-6-5-11(9)13-15-12(18-16-13)7-10(17)4-2/h5-6,8,10,17H,3-4,7H2,1-2H3. The van der Waals surface area contributed by atoms with Crippen molar-refractivity contribution in [1.29, 1.82) is 0 Å². The average Bonchev–Trinajstić information content (AvgIpc) is 2.86. The number of aliphatic hydroxyl groups excluding tert-OH is 1. The van der Waals surface area contributed by atoms with E-state index < -0.39 is 6.10 Å². The van der Waals surface area contributed by atoms with Crippen LogP contribution in [0.5, 0.6) is 0 Å². The lowest BCUT2D eigenvalue weighted by atomic mass is 10.1. The molecule has 2 aromatic heterocycles. The van der Waals surface area contributed by atoms with Crippen LogP contribution in [0.25, 0.3) is 11.4 Å². The molecule has 0 aliphatic carbocycles. The first kappa shape index (κ1) is 12.7. The summed E-state index contributed by atoms with van der Waals surface area (Å²) in [6.45, 7) is 3.97. The van der Waals surface area contributed by atoms with Crippen molar-refractivity contribution in [2.24, 2.45) is 0 Å². The molecule has 0 amide bonds. The van der Waals surface area contributed by atoms with Crippen molar-refractivity contribution in [1.82, 2.24) is 15.1 Å². The molecule has 0 radical (unpaired) electrons. The molecule has 0 spiro atoms. The third-order valence-electron chi connectivity index (χ3n) is 2.87. The first-order valence-corrected chi connectivity index (χ1v) is 6.18. The van der Waals surface area contributed by atoms with E-state index in [1.807, 2.05) is 19.2 Å². The first-order chi connectivity index (χ1) is 8.74. The van der Waals surface area contributed by atoms with Crippen LogP contribution in [0.4, 0.5) is 0 Å². The van der Waals surface area contributed by atoms with Crippen LogP contribution in [0.15, 0.2) is 23.0 Å². The van der Waals surface area contributed by atoms with Gasteiger partial charge < -0.3 is 9.63 Å². The summed E-state index contributed by atoms with van der Waals surface area (Å²) in [4.78, 5) is 8.40. The Hall–Kier alpha value is -1.75. The van der Waals surface area contributed by atoms with E-state index in [0.29, 0.717) is 24.6 Å². The van der Waals surface area contributed by atoms with Gasteiger partial charge in [0.2, 0.25) is 11.7 Å². The highest BCUT2D eigenvalue weighted by atomic mass is 16.5. The van der Waals surface area contributed by atoms with Gasteiger partial charge in [-0.1, -0.05) is 19.0 Å². The smallest absolute Gasteiger partial charge is 0.229 e. The summed E-state index contributed by atoms with van der Waals surface area (Å²) < 4.78 is 5.15. The van der Waals surface area contributed by atoms with Gasteiger partial charge in [-0.2, -0.15) is 4.98 Å². The van der Waals surface area contributed by atoms with Crippen molar-refractivity contribution < 1.29 is 9.63 Å². The summed E-state index contributed by atoms with van der Waals surface area (Å²) in [7, 11) is 0. The third-order valence-corrected chi connectivity index (χ3v) is 2.87. The molecule has 0 saturated carbocycles. The van der Waals surface area contributed by atoms with Crippen LogP contribution in [0.2, 0.25) is 0 Å². The quantitative estimate of drug-likeness (QED) is 0.875. The monoisotopic (exact) mass is 247 g/mol. The van der Waals surface area contributed by atoms with Crippen molar-refractivity contribution in [3.63, 3.8) is 0 Å². The van der Waals surface area contributed by atoms with Gasteiger partial charge in [0.05, 0.1) is 12.5 Å². The normalized spacial score (nSPS) is 12.6. The maximum atomic E-state index is 9.55. The van der Waals surface area contributed by atoms with E-state index in [9.17, 15) is 5.11 Å². The molecule has 2 heterocycles. The van der Waals surface area contributed by atoms with E-state index in [1.54, 1.807) is 6.20 Å². The number of nitrogens with zero attached hydrogens (tertiary/aromatic N) is 3. The van der Waals surface area contributed by atoms with Crippen LogP contribution in [-0.4, -0.2) is 26.3 Å². The van der Waals surface area contributed by atoms with E-state index in [1.165, 1.54) is 0 Å². The molecule has 0 fully saturated rings. The number of pyridine rings is 1. The fourth-order valence-corrected chi connectivity index (χ4v) is 1.72. The second-order valence-electron chi connectivity index (χ2n) is 4.16. The predicted octanol–water partition coefficient (Wildman–Crippen LogP) is 2.01. The van der Waals surface area contributed by atoms with Crippen LogP contribution >= 0.6 is 0 Å². The molecule has 96 valence electrons. The summed E-state index contributed by atoms with van der Waals surface area (Å²) in [5.74, 6) is 1.03. The molecule has 5 nitrogen and oxygen atoms in total. The maximum Gasteiger partial charge on any atom is 0.229 e. The molecule has 0 bridgehead atoms. The van der Waals surface area contributed by atoms with Gasteiger partial charge >= 0.3 is 0 Å². The molecule has 18 heavy (non-hydrogen) atoms. The van der Waals surface area contributed by atoms with Gasteiger partial charge in [0.1, 0.15) is 0 Å². The van der Waals surface area contributed by atoms with E-state index >= 15 is 0 Å². The van der Waals surface area contributed by atoms with Crippen molar-refractivity contribution in [2.75, 3.05) is 0 Å². The van der Waals surface area contributed by atoms with E-state index in [-0.39, 0.29) is 0 Å². The van der Waals surface area contributed by atoms with Crippen molar-refractivity contribution in [3.05, 3.63) is 29.9 Å². The minimum absolute atomic E-state index is 0.399. The highest BCUT2D eigenvalue weighted by Crippen LogP contribution is 2.20. The molecule has 2 rings (SSSR count). The molecule has 0 aliphatic heterocycles. The zero-order valence-corrected chi connectivity index (χ0v) is 10.6. The Morgan fingerprint density at radius 2 is 2.22 bits per heavy atom. The largest absolute Gasteiger partial charge is 0.393 e. The van der Waals surface area contributed by atoms with Crippen LogP contribution in [-0.2, 0) is 12.8 Å². The van der Waals surface area contributed by atoms with Crippen LogP contribution in [0.3, 0.4) is 0 Å². The van der Waals surface area contributed by atoms with E-state index in [2.05, 4.69) is 22.0 Å². The Bertz CT molecular complexity index is 510. The summed E-state index contributed by atoms with van der Waals surface area (Å²) in [5, 5.41) is 13.5. The van der Waals surface area contributed by atoms with Crippen LogP contribution in [0.1, 0.15) is 31.7 Å². The van der Waals surface area contributed by atoms with Gasteiger partial charge in [-0.15, -0.1) is 0 Å². The van der Waals surface area contributed by atoms with Gasteiger partial charge in [-0.25, -0.2) is 0 Å². The number of hydrogen-bond acceptors (Lipinski definition) is 5. The molecule has 1 N–H and O–H groups in total. The Morgan fingerprint density at radius 1 is 1.39 bits per heavy atom. The van der Waals surface area contributed by atoms with E-state index in [4.69, 9.17) is 4.52 Å². The molecule has 1 unspecified atom stereocenters. The average molecular weight is 247 g/mol. The van der Waals surface area contributed by atoms with Crippen molar-refractivity contribution in [3.8, 4) is 11.4 Å². The molecular weight excluding hydrogens is 230 g/mol. The molecule has 1 atom stereocenters. The highest BCUT2D eigenvalue weighted by molar-refractivity contribution is 5.58. The third kappa shape index (κ3) is 2.73. The fraction of sp³-hybridized carbons (Fsp3) is 0.462. The molecule has 0 saturated heterocycles. The number of aryl methyl sites for hydroxylation is 1. The summed E-state index contributed by atoms with van der Waals surface area (Å²) in [6.07, 6.45) is 5.03. The van der Waals surface area contributed by atoms with Crippen molar-refractivity contribution >= 4 is 0 Å². The van der Waals surface area contributed by atoms with Gasteiger partial charge in [-0.05, 0) is 24.5 Å². The minimum atomic E-state index is -0.429. The van der Waals surface area contributed by atoms with E-state index in [0.717, 1.165) is 17.5 Å². The molecule has 0 aliphatic rings. The Morgan fingerprint density at radius 3 is 2.94 bits per heavy atom. The second-order valence-corrected chi connectivity index (χ2v) is 4.16. The van der Waals surface area contributed by atoms with Gasteiger partial charge in [0.15, 0.2) is 0 Å². The molecular formula is C13H17N3O2. The number of aromatic nitrogens is 3. The van der Waals surface area contributed by atoms with Gasteiger partial charge in [0.25, 0.3) is 0 Å². The Balaban J connectivity index is 2.24. The zero-order valence-electron chi connectivity index (χ0n) is 10.6.